The minimum absolute atomic E-state index is 0.0485. The van der Waals surface area contributed by atoms with Gasteiger partial charge in [0.05, 0.1) is 6.04 Å². The van der Waals surface area contributed by atoms with Crippen LogP contribution < -0.4 is 5.32 Å². The number of carboxylic acid groups (broad SMARTS) is 1. The van der Waals surface area contributed by atoms with Crippen molar-refractivity contribution in [3.05, 3.63) is 12.2 Å². The normalized spacial score (nSPS) is 24.2. The number of carboxylic acids is 1. The monoisotopic (exact) mass is 281 g/mol. The Labute approximate surface area is 116 Å². The quantitative estimate of drug-likeness (QED) is 0.757. The molecule has 3 unspecified atom stereocenters. The van der Waals surface area contributed by atoms with Gasteiger partial charge in [-0.2, -0.15) is 5.10 Å². The Hall–Kier alpha value is -2.12. The van der Waals surface area contributed by atoms with E-state index in [2.05, 4.69) is 20.5 Å². The molecular formula is C12H19N5O3. The lowest BCUT2D eigenvalue weighted by Gasteiger charge is -2.37. The molecule has 0 aromatic carbocycles. The fraction of sp³-hybridized carbons (Fsp3) is 0.667. The molecule has 8 nitrogen and oxygen atoms in total. The highest BCUT2D eigenvalue weighted by Gasteiger charge is 2.37. The standard InChI is InChI=1S/C12H19N5O3/c1-7-4-3-5-17(9(7)11(18)19)12(20)15-8(2)10-13-6-14-16-10/h6-9H,3-5H2,1-2H3,(H,15,20)(H,18,19)(H,13,14,16). The van der Waals surface area contributed by atoms with Crippen LogP contribution in [0.4, 0.5) is 4.79 Å². The molecule has 2 amide bonds. The predicted octanol–water partition coefficient (Wildman–Crippen LogP) is 0.760. The number of nitrogens with one attached hydrogen (secondary N) is 2. The number of aromatic nitrogens is 3. The first-order chi connectivity index (χ1) is 9.50. The van der Waals surface area contributed by atoms with Crippen LogP contribution in [0.1, 0.15) is 38.6 Å². The van der Waals surface area contributed by atoms with Crippen LogP contribution in [0, 0.1) is 5.92 Å². The Balaban J connectivity index is 2.05. The van der Waals surface area contributed by atoms with Crippen molar-refractivity contribution in [1.82, 2.24) is 25.4 Å². The molecule has 1 aromatic heterocycles. The van der Waals surface area contributed by atoms with Crippen molar-refractivity contribution in [1.29, 1.82) is 0 Å². The number of carbonyl (C=O) groups excluding carboxylic acids is 1. The second kappa shape index (κ2) is 5.89. The number of urea groups is 1. The summed E-state index contributed by atoms with van der Waals surface area (Å²) in [5.74, 6) is -0.470. The Morgan fingerprint density at radius 1 is 1.60 bits per heavy atom. The van der Waals surface area contributed by atoms with Crippen molar-refractivity contribution < 1.29 is 14.7 Å². The highest BCUT2D eigenvalue weighted by atomic mass is 16.4. The third kappa shape index (κ3) is 2.89. The molecule has 0 spiro atoms. The van der Waals surface area contributed by atoms with Crippen molar-refractivity contribution in [3.8, 4) is 0 Å². The molecule has 8 heteroatoms. The zero-order chi connectivity index (χ0) is 14.7. The molecule has 3 N–H and O–H groups in total. The van der Waals surface area contributed by atoms with E-state index in [-0.39, 0.29) is 18.0 Å². The highest BCUT2D eigenvalue weighted by molar-refractivity contribution is 5.83. The van der Waals surface area contributed by atoms with E-state index in [1.807, 2.05) is 6.92 Å². The molecule has 0 aliphatic carbocycles. The third-order valence-corrected chi connectivity index (χ3v) is 3.63. The van der Waals surface area contributed by atoms with Crippen LogP contribution in [0.3, 0.4) is 0 Å². The van der Waals surface area contributed by atoms with Gasteiger partial charge in [0, 0.05) is 6.54 Å². The average molecular weight is 281 g/mol. The summed E-state index contributed by atoms with van der Waals surface area (Å²) in [7, 11) is 0. The van der Waals surface area contributed by atoms with Gasteiger partial charge in [0.1, 0.15) is 18.2 Å². The molecule has 0 bridgehead atoms. The van der Waals surface area contributed by atoms with Crippen molar-refractivity contribution in [2.45, 2.75) is 38.8 Å². The van der Waals surface area contributed by atoms with E-state index in [0.29, 0.717) is 12.4 Å². The Morgan fingerprint density at radius 2 is 2.35 bits per heavy atom. The predicted molar refractivity (Wildman–Crippen MR) is 69.9 cm³/mol. The average Bonchev–Trinajstić information content (AvgIpc) is 2.91. The van der Waals surface area contributed by atoms with Crippen LogP contribution >= 0.6 is 0 Å². The first-order valence-electron chi connectivity index (χ1n) is 6.66. The van der Waals surface area contributed by atoms with E-state index >= 15 is 0 Å². The van der Waals surface area contributed by atoms with E-state index in [0.717, 1.165) is 12.8 Å². The summed E-state index contributed by atoms with van der Waals surface area (Å²) in [5, 5.41) is 18.4. The number of likely N-dealkylation sites (tertiary alicyclic amines) is 1. The van der Waals surface area contributed by atoms with Crippen LogP contribution in [0.5, 0.6) is 0 Å². The van der Waals surface area contributed by atoms with Crippen molar-refractivity contribution >= 4 is 12.0 Å². The minimum Gasteiger partial charge on any atom is -0.480 e. The number of H-pyrrole nitrogens is 1. The van der Waals surface area contributed by atoms with E-state index in [1.165, 1.54) is 11.2 Å². The van der Waals surface area contributed by atoms with Gasteiger partial charge in [-0.3, -0.25) is 5.10 Å². The van der Waals surface area contributed by atoms with Crippen LogP contribution in [-0.4, -0.2) is 49.8 Å². The number of aromatic amines is 1. The summed E-state index contributed by atoms with van der Waals surface area (Å²) in [5.41, 5.74) is 0. The van der Waals surface area contributed by atoms with Crippen LogP contribution in [0.25, 0.3) is 0 Å². The van der Waals surface area contributed by atoms with Gasteiger partial charge in [0.15, 0.2) is 0 Å². The summed E-state index contributed by atoms with van der Waals surface area (Å²) in [4.78, 5) is 29.0. The molecular weight excluding hydrogens is 262 g/mol. The third-order valence-electron chi connectivity index (χ3n) is 3.63. The fourth-order valence-electron chi connectivity index (χ4n) is 2.55. The fourth-order valence-corrected chi connectivity index (χ4v) is 2.55. The molecule has 1 fully saturated rings. The highest BCUT2D eigenvalue weighted by Crippen LogP contribution is 2.24. The summed E-state index contributed by atoms with van der Waals surface area (Å²) < 4.78 is 0. The molecule has 110 valence electrons. The Bertz CT molecular complexity index is 475. The van der Waals surface area contributed by atoms with Gasteiger partial charge < -0.3 is 15.3 Å². The Kier molecular flexibility index (Phi) is 4.21. The summed E-state index contributed by atoms with van der Waals surface area (Å²) in [6, 6.07) is -1.50. The van der Waals surface area contributed by atoms with Crippen LogP contribution in [-0.2, 0) is 4.79 Å². The maximum absolute atomic E-state index is 12.3. The van der Waals surface area contributed by atoms with E-state index in [4.69, 9.17) is 0 Å². The van der Waals surface area contributed by atoms with Crippen molar-refractivity contribution in [3.63, 3.8) is 0 Å². The molecule has 2 rings (SSSR count). The topological polar surface area (TPSA) is 111 Å². The first kappa shape index (κ1) is 14.3. The number of rotatable bonds is 3. The minimum atomic E-state index is -0.959. The number of nitrogens with zero attached hydrogens (tertiary/aromatic N) is 3. The van der Waals surface area contributed by atoms with Gasteiger partial charge in [0.2, 0.25) is 0 Å². The van der Waals surface area contributed by atoms with Crippen LogP contribution in [0.2, 0.25) is 0 Å². The first-order valence-corrected chi connectivity index (χ1v) is 6.66. The molecule has 20 heavy (non-hydrogen) atoms. The van der Waals surface area contributed by atoms with Crippen LogP contribution in [0.15, 0.2) is 6.33 Å². The molecule has 0 radical (unpaired) electrons. The maximum Gasteiger partial charge on any atom is 0.326 e. The molecule has 3 atom stereocenters. The second-order valence-electron chi connectivity index (χ2n) is 5.14. The lowest BCUT2D eigenvalue weighted by Crippen LogP contribution is -2.55. The molecule has 2 heterocycles. The molecule has 0 saturated carbocycles. The van der Waals surface area contributed by atoms with E-state index in [9.17, 15) is 14.7 Å². The van der Waals surface area contributed by atoms with Crippen molar-refractivity contribution in [2.24, 2.45) is 5.92 Å². The van der Waals surface area contributed by atoms with E-state index < -0.39 is 12.0 Å². The summed E-state index contributed by atoms with van der Waals surface area (Å²) in [6.45, 7) is 4.08. The molecule has 1 saturated heterocycles. The molecule has 1 aliphatic heterocycles. The maximum atomic E-state index is 12.3. The Morgan fingerprint density at radius 3 is 2.95 bits per heavy atom. The zero-order valence-electron chi connectivity index (χ0n) is 11.5. The number of piperidine rings is 1. The summed E-state index contributed by atoms with van der Waals surface area (Å²) >= 11 is 0. The number of aliphatic carboxylic acids is 1. The van der Waals surface area contributed by atoms with Gasteiger partial charge in [-0.25, -0.2) is 14.6 Å². The van der Waals surface area contributed by atoms with Gasteiger partial charge in [-0.15, -0.1) is 0 Å². The SMILES string of the molecule is CC(NC(=O)N1CCCC(C)C1C(=O)O)c1ncn[nH]1. The zero-order valence-corrected chi connectivity index (χ0v) is 11.5. The van der Waals surface area contributed by atoms with Crippen molar-refractivity contribution in [2.75, 3.05) is 6.54 Å². The van der Waals surface area contributed by atoms with Gasteiger partial charge >= 0.3 is 12.0 Å². The lowest BCUT2D eigenvalue weighted by atomic mass is 9.91. The number of hydrogen-bond acceptors (Lipinski definition) is 4. The number of amides is 2. The number of hydrogen-bond donors (Lipinski definition) is 3. The second-order valence-corrected chi connectivity index (χ2v) is 5.14. The van der Waals surface area contributed by atoms with Gasteiger partial charge in [-0.1, -0.05) is 6.92 Å². The molecule has 1 aliphatic rings. The smallest absolute Gasteiger partial charge is 0.326 e. The van der Waals surface area contributed by atoms with Gasteiger partial charge in [0.25, 0.3) is 0 Å². The number of carbonyl (C=O) groups is 2. The summed E-state index contributed by atoms with van der Waals surface area (Å²) in [6.07, 6.45) is 2.99. The van der Waals surface area contributed by atoms with E-state index in [1.54, 1.807) is 6.92 Å². The van der Waals surface area contributed by atoms with Gasteiger partial charge in [-0.05, 0) is 25.7 Å². The largest absolute Gasteiger partial charge is 0.480 e. The lowest BCUT2D eigenvalue weighted by molar-refractivity contribution is -0.145. The molecule has 1 aromatic rings.